The predicted molar refractivity (Wildman–Crippen MR) is 118 cm³/mol. The monoisotopic (exact) mass is 434 g/mol. The van der Waals surface area contributed by atoms with Gasteiger partial charge in [0.05, 0.1) is 11.1 Å². The maximum Gasteiger partial charge on any atom is 0.349 e. The lowest BCUT2D eigenvalue weighted by molar-refractivity contribution is 0.0478. The molecule has 2 heterocycles. The molecule has 4 aromatic rings. The number of thiophene rings is 1. The Labute approximate surface area is 180 Å². The molecule has 0 saturated heterocycles. The number of carbonyl (C=O) groups is 2. The molecule has 0 unspecified atom stereocenters. The van der Waals surface area contributed by atoms with Crippen LogP contribution in [0.5, 0.6) is 0 Å². The molecule has 0 amide bonds. The van der Waals surface area contributed by atoms with Gasteiger partial charge < -0.3 is 4.74 Å². The molecule has 7 nitrogen and oxygen atoms in total. The van der Waals surface area contributed by atoms with Gasteiger partial charge in [0.15, 0.2) is 5.78 Å². The van der Waals surface area contributed by atoms with Gasteiger partial charge in [-0.25, -0.2) is 14.2 Å². The molecule has 0 aliphatic rings. The minimum absolute atomic E-state index is 0.108. The first kappa shape index (κ1) is 20.5. The second-order valence-corrected chi connectivity index (χ2v) is 8.02. The zero-order chi connectivity index (χ0) is 22.1. The van der Waals surface area contributed by atoms with Gasteiger partial charge in [0.25, 0.3) is 5.56 Å². The summed E-state index contributed by atoms with van der Waals surface area (Å²) in [6.45, 7) is 3.20. The van der Waals surface area contributed by atoms with Crippen LogP contribution in [0.25, 0.3) is 15.9 Å². The summed E-state index contributed by atoms with van der Waals surface area (Å²) in [6.07, 6.45) is 0. The second-order valence-electron chi connectivity index (χ2n) is 7.00. The van der Waals surface area contributed by atoms with Crippen molar-refractivity contribution < 1.29 is 14.3 Å². The van der Waals surface area contributed by atoms with E-state index in [2.05, 4.69) is 4.98 Å². The lowest BCUT2D eigenvalue weighted by Crippen LogP contribution is -2.33. The van der Waals surface area contributed by atoms with Gasteiger partial charge in [0, 0.05) is 5.56 Å². The van der Waals surface area contributed by atoms with Crippen molar-refractivity contribution >= 4 is 33.3 Å². The van der Waals surface area contributed by atoms with Gasteiger partial charge in [-0.15, -0.1) is 11.3 Å². The molecule has 0 radical (unpaired) electrons. The summed E-state index contributed by atoms with van der Waals surface area (Å²) in [6, 6.07) is 15.5. The third kappa shape index (κ3) is 3.85. The highest BCUT2D eigenvalue weighted by molar-refractivity contribution is 7.20. The maximum absolute atomic E-state index is 13.1. The van der Waals surface area contributed by atoms with E-state index in [4.69, 9.17) is 4.74 Å². The smallest absolute Gasteiger partial charge is 0.349 e. The number of H-pyrrole nitrogens is 1. The normalized spacial score (nSPS) is 10.9. The SMILES string of the molecule is CC(=O)c1ccc(-n2c(=O)[nH]c3sc(C(=O)OCc4ccccc4)c(C)c3c2=O)cc1. The molecule has 4 rings (SSSR count). The van der Waals surface area contributed by atoms with E-state index in [0.29, 0.717) is 21.6 Å². The molecule has 0 fully saturated rings. The number of aromatic amines is 1. The summed E-state index contributed by atoms with van der Waals surface area (Å²) in [4.78, 5) is 53.1. The molecule has 0 aliphatic heterocycles. The van der Waals surface area contributed by atoms with Gasteiger partial charge in [0.1, 0.15) is 16.3 Å². The molecule has 31 heavy (non-hydrogen) atoms. The fourth-order valence-corrected chi connectivity index (χ4v) is 4.36. The molecule has 156 valence electrons. The average Bonchev–Trinajstić information content (AvgIpc) is 3.09. The highest BCUT2D eigenvalue weighted by Gasteiger charge is 2.22. The Kier molecular flexibility index (Phi) is 5.39. The van der Waals surface area contributed by atoms with Crippen molar-refractivity contribution in [3.63, 3.8) is 0 Å². The number of benzene rings is 2. The van der Waals surface area contributed by atoms with Crippen LogP contribution < -0.4 is 11.2 Å². The molecule has 0 bridgehead atoms. The minimum Gasteiger partial charge on any atom is -0.457 e. The number of nitrogens with one attached hydrogen (secondary N) is 1. The van der Waals surface area contributed by atoms with Crippen LogP contribution in [0.15, 0.2) is 64.2 Å². The number of carbonyl (C=O) groups excluding carboxylic acids is 2. The van der Waals surface area contributed by atoms with Crippen LogP contribution in [-0.2, 0) is 11.3 Å². The van der Waals surface area contributed by atoms with Crippen molar-refractivity contribution in [2.45, 2.75) is 20.5 Å². The Bertz CT molecular complexity index is 1410. The van der Waals surface area contributed by atoms with E-state index in [-0.39, 0.29) is 22.7 Å². The minimum atomic E-state index is -0.626. The fraction of sp³-hybridized carbons (Fsp3) is 0.130. The molecular weight excluding hydrogens is 416 g/mol. The molecule has 0 atom stereocenters. The van der Waals surface area contributed by atoms with E-state index in [1.165, 1.54) is 19.1 Å². The Morgan fingerprint density at radius 1 is 1.03 bits per heavy atom. The average molecular weight is 434 g/mol. The van der Waals surface area contributed by atoms with Crippen molar-refractivity contribution in [3.05, 3.63) is 97.0 Å². The molecule has 2 aromatic heterocycles. The Hall–Kier alpha value is -3.78. The van der Waals surface area contributed by atoms with Gasteiger partial charge in [-0.2, -0.15) is 0 Å². The van der Waals surface area contributed by atoms with Crippen molar-refractivity contribution in [1.29, 1.82) is 0 Å². The van der Waals surface area contributed by atoms with Crippen LogP contribution in [-0.4, -0.2) is 21.3 Å². The second kappa shape index (κ2) is 8.16. The number of hydrogen-bond donors (Lipinski definition) is 1. The number of Topliss-reactive ketones (excluding diaryl/α,β-unsaturated/α-hetero) is 1. The number of hydrogen-bond acceptors (Lipinski definition) is 6. The molecular formula is C23H18N2O5S. The van der Waals surface area contributed by atoms with E-state index in [0.717, 1.165) is 21.5 Å². The van der Waals surface area contributed by atoms with E-state index < -0.39 is 17.2 Å². The lowest BCUT2D eigenvalue weighted by atomic mass is 10.1. The van der Waals surface area contributed by atoms with Crippen LogP contribution >= 0.6 is 11.3 Å². The topological polar surface area (TPSA) is 98.2 Å². The summed E-state index contributed by atoms with van der Waals surface area (Å²) < 4.78 is 6.37. The van der Waals surface area contributed by atoms with Crippen LogP contribution in [0.3, 0.4) is 0 Å². The summed E-state index contributed by atoms with van der Waals surface area (Å²) >= 11 is 1.02. The molecule has 0 aliphatic carbocycles. The first-order valence-corrected chi connectivity index (χ1v) is 10.3. The first-order valence-electron chi connectivity index (χ1n) is 9.47. The van der Waals surface area contributed by atoms with Gasteiger partial charge in [-0.3, -0.25) is 14.6 Å². The van der Waals surface area contributed by atoms with Crippen LogP contribution in [0.2, 0.25) is 0 Å². The van der Waals surface area contributed by atoms with Gasteiger partial charge in [-0.1, -0.05) is 30.3 Å². The third-order valence-corrected chi connectivity index (χ3v) is 6.10. The summed E-state index contributed by atoms with van der Waals surface area (Å²) in [5.74, 6) is -0.671. The maximum atomic E-state index is 13.1. The Morgan fingerprint density at radius 2 is 1.71 bits per heavy atom. The van der Waals surface area contributed by atoms with Crippen molar-refractivity contribution in [3.8, 4) is 5.69 Å². The molecule has 1 N–H and O–H groups in total. The number of nitrogens with zero attached hydrogens (tertiary/aromatic N) is 1. The van der Waals surface area contributed by atoms with E-state index >= 15 is 0 Å². The van der Waals surface area contributed by atoms with Crippen LogP contribution in [0.1, 0.15) is 38.1 Å². The molecule has 0 saturated carbocycles. The van der Waals surface area contributed by atoms with Gasteiger partial charge in [-0.05, 0) is 49.2 Å². The third-order valence-electron chi connectivity index (χ3n) is 4.92. The Balaban J connectivity index is 1.73. The molecule has 8 heteroatoms. The number of aryl methyl sites for hydroxylation is 1. The number of ketones is 1. The van der Waals surface area contributed by atoms with Gasteiger partial charge in [0.2, 0.25) is 0 Å². The highest BCUT2D eigenvalue weighted by atomic mass is 32.1. The number of ether oxygens (including phenoxy) is 1. The quantitative estimate of drug-likeness (QED) is 0.382. The Morgan fingerprint density at radius 3 is 2.35 bits per heavy atom. The molecule has 2 aromatic carbocycles. The largest absolute Gasteiger partial charge is 0.457 e. The van der Waals surface area contributed by atoms with E-state index in [9.17, 15) is 19.2 Å². The number of aromatic nitrogens is 2. The van der Waals surface area contributed by atoms with Crippen LogP contribution in [0.4, 0.5) is 0 Å². The van der Waals surface area contributed by atoms with Crippen molar-refractivity contribution in [1.82, 2.24) is 9.55 Å². The first-order chi connectivity index (χ1) is 14.9. The van der Waals surface area contributed by atoms with E-state index in [1.807, 2.05) is 30.3 Å². The number of esters is 1. The zero-order valence-corrected chi connectivity index (χ0v) is 17.6. The number of fused-ring (bicyclic) bond motifs is 1. The summed E-state index contributed by atoms with van der Waals surface area (Å²) in [5, 5.41) is 0.256. The van der Waals surface area contributed by atoms with Crippen molar-refractivity contribution in [2.75, 3.05) is 0 Å². The van der Waals surface area contributed by atoms with Crippen LogP contribution in [0, 0.1) is 6.92 Å². The number of rotatable bonds is 5. The standard InChI is InChI=1S/C23H18N2O5S/c1-13-18-20(31-19(13)22(28)30-12-15-6-4-3-5-7-15)24-23(29)25(21(18)27)17-10-8-16(9-11-17)14(2)26/h3-11H,12H2,1-2H3,(H,24,29). The molecule has 0 spiro atoms. The summed E-state index contributed by atoms with van der Waals surface area (Å²) in [5.41, 5.74) is 0.943. The lowest BCUT2D eigenvalue weighted by Gasteiger charge is -2.06. The fourth-order valence-electron chi connectivity index (χ4n) is 3.28. The van der Waals surface area contributed by atoms with E-state index in [1.54, 1.807) is 19.1 Å². The predicted octanol–water partition coefficient (Wildman–Crippen LogP) is 3.61. The summed E-state index contributed by atoms with van der Waals surface area (Å²) in [7, 11) is 0. The van der Waals surface area contributed by atoms with Crippen molar-refractivity contribution in [2.24, 2.45) is 0 Å². The van der Waals surface area contributed by atoms with Gasteiger partial charge >= 0.3 is 11.7 Å². The zero-order valence-electron chi connectivity index (χ0n) is 16.8. The highest BCUT2D eigenvalue weighted by Crippen LogP contribution is 2.27.